The third kappa shape index (κ3) is 3.08. The minimum atomic E-state index is -1.05. The first-order valence-corrected chi connectivity index (χ1v) is 6.06. The molecule has 0 radical (unpaired) electrons. The second-order valence-electron chi connectivity index (χ2n) is 4.62. The summed E-state index contributed by atoms with van der Waals surface area (Å²) in [4.78, 5) is 28.9. The van der Waals surface area contributed by atoms with Crippen LogP contribution in [0.4, 0.5) is 0 Å². The lowest BCUT2D eigenvalue weighted by molar-refractivity contribution is -0.154. The van der Waals surface area contributed by atoms with E-state index in [-0.39, 0.29) is 19.1 Å². The zero-order valence-corrected chi connectivity index (χ0v) is 10.9. The second-order valence-corrected chi connectivity index (χ2v) is 4.62. The Kier molecular flexibility index (Phi) is 3.80. The maximum Gasteiger partial charge on any atom is 0.334 e. The van der Waals surface area contributed by atoms with E-state index in [1.165, 1.54) is 4.90 Å². The molecule has 0 aromatic carbocycles. The molecule has 1 aromatic rings. The van der Waals surface area contributed by atoms with Crippen LogP contribution >= 0.6 is 0 Å². The summed E-state index contributed by atoms with van der Waals surface area (Å²) < 4.78 is 5.09. The molecule has 1 aromatic heterocycles. The minimum Gasteiger partial charge on any atom is -0.479 e. The summed E-state index contributed by atoms with van der Waals surface area (Å²) in [5, 5.41) is 8.92. The molecule has 0 spiro atoms. The molecule has 1 fully saturated rings. The number of rotatable bonds is 2. The Morgan fingerprint density at radius 1 is 1.42 bits per heavy atom. The Labute approximate surface area is 111 Å². The lowest BCUT2D eigenvalue weighted by Crippen LogP contribution is -2.48. The van der Waals surface area contributed by atoms with Crippen LogP contribution in [0.15, 0.2) is 12.1 Å². The third-order valence-corrected chi connectivity index (χ3v) is 2.95. The number of carbonyl (C=O) groups excluding carboxylic acids is 1. The van der Waals surface area contributed by atoms with Crippen molar-refractivity contribution >= 4 is 11.9 Å². The molecule has 0 bridgehead atoms. The highest BCUT2D eigenvalue weighted by atomic mass is 16.5. The number of morpholine rings is 1. The van der Waals surface area contributed by atoms with Crippen LogP contribution in [0.1, 0.15) is 21.7 Å². The van der Waals surface area contributed by atoms with Crippen LogP contribution in [0.5, 0.6) is 0 Å². The van der Waals surface area contributed by atoms with Gasteiger partial charge in [-0.15, -0.1) is 0 Å². The molecule has 0 aliphatic carbocycles. The highest BCUT2D eigenvalue weighted by Gasteiger charge is 2.30. The van der Waals surface area contributed by atoms with Crippen LogP contribution in [-0.2, 0) is 9.53 Å². The number of pyridine rings is 1. The Hall–Kier alpha value is -1.95. The van der Waals surface area contributed by atoms with Crippen molar-refractivity contribution in [3.05, 3.63) is 29.1 Å². The molecule has 19 heavy (non-hydrogen) atoms. The summed E-state index contributed by atoms with van der Waals surface area (Å²) in [6, 6.07) is 3.59. The third-order valence-electron chi connectivity index (χ3n) is 2.95. The fourth-order valence-electron chi connectivity index (χ4n) is 2.10. The van der Waals surface area contributed by atoms with Crippen molar-refractivity contribution in [3.63, 3.8) is 0 Å². The van der Waals surface area contributed by atoms with Crippen molar-refractivity contribution in [2.24, 2.45) is 0 Å². The number of amides is 1. The fourth-order valence-corrected chi connectivity index (χ4v) is 2.10. The fraction of sp³-hybridized carbons (Fsp3) is 0.462. The van der Waals surface area contributed by atoms with Gasteiger partial charge in [0.25, 0.3) is 5.91 Å². The van der Waals surface area contributed by atoms with Gasteiger partial charge in [-0.2, -0.15) is 0 Å². The summed E-state index contributed by atoms with van der Waals surface area (Å²) in [7, 11) is 0. The molecular formula is C13H16N2O4. The number of carboxylic acids is 1. The lowest BCUT2D eigenvalue weighted by Gasteiger charge is -2.30. The maximum absolute atomic E-state index is 12.3. The molecule has 6 heteroatoms. The number of ether oxygens (including phenoxy) is 1. The summed E-state index contributed by atoms with van der Waals surface area (Å²) in [5.41, 5.74) is 2.08. The molecule has 1 atom stereocenters. The molecule has 2 rings (SSSR count). The normalized spacial score (nSPS) is 19.3. The Morgan fingerprint density at radius 3 is 2.79 bits per heavy atom. The smallest absolute Gasteiger partial charge is 0.334 e. The van der Waals surface area contributed by atoms with Crippen molar-refractivity contribution in [1.29, 1.82) is 0 Å². The van der Waals surface area contributed by atoms with Crippen LogP contribution in [0.2, 0.25) is 0 Å². The quantitative estimate of drug-likeness (QED) is 0.847. The predicted molar refractivity (Wildman–Crippen MR) is 67.0 cm³/mol. The van der Waals surface area contributed by atoms with Crippen LogP contribution in [0.3, 0.4) is 0 Å². The van der Waals surface area contributed by atoms with Gasteiger partial charge in [0.2, 0.25) is 0 Å². The van der Waals surface area contributed by atoms with Crippen molar-refractivity contribution in [2.75, 3.05) is 19.7 Å². The average molecular weight is 264 g/mol. The van der Waals surface area contributed by atoms with E-state index in [1.807, 2.05) is 19.9 Å². The van der Waals surface area contributed by atoms with Crippen LogP contribution in [0, 0.1) is 13.8 Å². The Balaban J connectivity index is 2.16. The number of aryl methyl sites for hydroxylation is 2. The number of nitrogens with zero attached hydrogens (tertiary/aromatic N) is 2. The largest absolute Gasteiger partial charge is 0.479 e. The number of aromatic nitrogens is 1. The average Bonchev–Trinajstić information content (AvgIpc) is 2.37. The van der Waals surface area contributed by atoms with Gasteiger partial charge in [-0.25, -0.2) is 9.78 Å². The highest BCUT2D eigenvalue weighted by Crippen LogP contribution is 2.11. The van der Waals surface area contributed by atoms with Gasteiger partial charge in [-0.1, -0.05) is 0 Å². The Morgan fingerprint density at radius 2 is 2.16 bits per heavy atom. The van der Waals surface area contributed by atoms with Gasteiger partial charge in [0.1, 0.15) is 5.69 Å². The van der Waals surface area contributed by atoms with E-state index in [9.17, 15) is 9.59 Å². The zero-order valence-electron chi connectivity index (χ0n) is 10.9. The topological polar surface area (TPSA) is 79.7 Å². The van der Waals surface area contributed by atoms with Crippen LogP contribution < -0.4 is 0 Å². The monoisotopic (exact) mass is 264 g/mol. The molecule has 1 unspecified atom stereocenters. The van der Waals surface area contributed by atoms with Gasteiger partial charge in [0.05, 0.1) is 13.2 Å². The first-order chi connectivity index (χ1) is 8.97. The number of carbonyl (C=O) groups is 2. The van der Waals surface area contributed by atoms with Crippen molar-refractivity contribution in [2.45, 2.75) is 20.0 Å². The van der Waals surface area contributed by atoms with Crippen molar-refractivity contribution in [3.8, 4) is 0 Å². The first kappa shape index (κ1) is 13.5. The molecule has 0 saturated carbocycles. The first-order valence-electron chi connectivity index (χ1n) is 6.06. The SMILES string of the molecule is Cc1cc(C)nc(C(=O)N2CCOC(C(=O)O)C2)c1. The Bertz CT molecular complexity index is 495. The second kappa shape index (κ2) is 5.36. The molecule has 6 nitrogen and oxygen atoms in total. The summed E-state index contributed by atoms with van der Waals surface area (Å²) in [5.74, 6) is -1.30. The number of hydrogen-bond acceptors (Lipinski definition) is 4. The van der Waals surface area contributed by atoms with Gasteiger partial charge in [-0.05, 0) is 31.5 Å². The molecule has 102 valence electrons. The molecule has 1 aliphatic heterocycles. The number of aliphatic carboxylic acids is 1. The molecule has 1 aliphatic rings. The predicted octanol–water partition coefficient (Wildman–Crippen LogP) is 0.624. The minimum absolute atomic E-state index is 0.0584. The van der Waals surface area contributed by atoms with E-state index in [0.717, 1.165) is 11.3 Å². The van der Waals surface area contributed by atoms with Crippen molar-refractivity contribution < 1.29 is 19.4 Å². The van der Waals surface area contributed by atoms with E-state index >= 15 is 0 Å². The van der Waals surface area contributed by atoms with Gasteiger partial charge < -0.3 is 14.7 Å². The highest BCUT2D eigenvalue weighted by molar-refractivity contribution is 5.93. The lowest BCUT2D eigenvalue weighted by atomic mass is 10.2. The van der Waals surface area contributed by atoms with E-state index < -0.39 is 12.1 Å². The van der Waals surface area contributed by atoms with E-state index in [0.29, 0.717) is 12.2 Å². The number of hydrogen-bond donors (Lipinski definition) is 1. The molecule has 1 saturated heterocycles. The van der Waals surface area contributed by atoms with Crippen LogP contribution in [0.25, 0.3) is 0 Å². The van der Waals surface area contributed by atoms with Gasteiger partial charge >= 0.3 is 5.97 Å². The standard InChI is InChI=1S/C13H16N2O4/c1-8-5-9(2)14-10(6-8)12(16)15-3-4-19-11(7-15)13(17)18/h5-6,11H,3-4,7H2,1-2H3,(H,17,18). The molecular weight excluding hydrogens is 248 g/mol. The van der Waals surface area contributed by atoms with Gasteiger partial charge in [-0.3, -0.25) is 4.79 Å². The number of carboxylic acid groups (broad SMARTS) is 1. The van der Waals surface area contributed by atoms with Gasteiger partial charge in [0.15, 0.2) is 6.10 Å². The maximum atomic E-state index is 12.3. The summed E-state index contributed by atoms with van der Waals surface area (Å²) in [6.07, 6.45) is -0.955. The van der Waals surface area contributed by atoms with E-state index in [1.54, 1.807) is 6.07 Å². The molecule has 2 heterocycles. The zero-order chi connectivity index (χ0) is 14.0. The molecule has 1 N–H and O–H groups in total. The van der Waals surface area contributed by atoms with Gasteiger partial charge in [0, 0.05) is 12.2 Å². The summed E-state index contributed by atoms with van der Waals surface area (Å²) >= 11 is 0. The van der Waals surface area contributed by atoms with E-state index in [4.69, 9.17) is 9.84 Å². The summed E-state index contributed by atoms with van der Waals surface area (Å²) in [6.45, 7) is 4.39. The van der Waals surface area contributed by atoms with Crippen LogP contribution in [-0.4, -0.2) is 52.7 Å². The molecule has 1 amide bonds. The van der Waals surface area contributed by atoms with Crippen molar-refractivity contribution in [1.82, 2.24) is 9.88 Å². The van der Waals surface area contributed by atoms with E-state index in [2.05, 4.69) is 4.98 Å².